The predicted octanol–water partition coefficient (Wildman–Crippen LogP) is 1.70. The first kappa shape index (κ1) is 17.8. The van der Waals surface area contributed by atoms with Crippen molar-refractivity contribution in [3.63, 3.8) is 0 Å². The summed E-state index contributed by atoms with van der Waals surface area (Å²) in [6.07, 6.45) is 8.03. The molecule has 1 saturated heterocycles. The average Bonchev–Trinajstić information content (AvgIpc) is 2.64. The number of carbonyl (C=O) groups excluding carboxylic acids is 2. The molecule has 8 heteroatoms. The highest BCUT2D eigenvalue weighted by molar-refractivity contribution is 6.39. The smallest absolute Gasteiger partial charge is 0.313 e. The summed E-state index contributed by atoms with van der Waals surface area (Å²) >= 11 is 0. The van der Waals surface area contributed by atoms with Crippen LogP contribution in [0.5, 0.6) is 0 Å². The van der Waals surface area contributed by atoms with E-state index in [1.54, 1.807) is 30.3 Å². The number of hydrogen-bond donors (Lipinski definition) is 2. The molecule has 2 amide bonds. The zero-order valence-corrected chi connectivity index (χ0v) is 14.8. The number of nitrogen functional groups attached to an aromatic ring is 1. The average molecular weight is 354 g/mol. The minimum atomic E-state index is -0.688. The number of rotatable bonds is 2. The highest BCUT2D eigenvalue weighted by atomic mass is 16.2. The third kappa shape index (κ3) is 3.79. The third-order valence-corrected chi connectivity index (χ3v) is 4.61. The fraction of sp³-hybridized carbons (Fsp3) is 0.389. The van der Waals surface area contributed by atoms with Crippen LogP contribution in [0.15, 0.2) is 31.0 Å². The van der Waals surface area contributed by atoms with E-state index in [1.807, 2.05) is 0 Å². The number of hydrogen-bond acceptors (Lipinski definition) is 6. The van der Waals surface area contributed by atoms with Gasteiger partial charge in [-0.2, -0.15) is 0 Å². The summed E-state index contributed by atoms with van der Waals surface area (Å²) in [7, 11) is 0. The number of aryl methyl sites for hydroxylation is 1. The summed E-state index contributed by atoms with van der Waals surface area (Å²) in [5.41, 5.74) is 7.70. The molecule has 3 rings (SSSR count). The molecule has 2 atom stereocenters. The second-order valence-corrected chi connectivity index (χ2v) is 6.71. The van der Waals surface area contributed by atoms with Gasteiger partial charge in [0.2, 0.25) is 0 Å². The van der Waals surface area contributed by atoms with Crippen LogP contribution in [0, 0.1) is 12.8 Å². The van der Waals surface area contributed by atoms with Crippen LogP contribution in [0.2, 0.25) is 0 Å². The molecule has 0 bridgehead atoms. The van der Waals surface area contributed by atoms with Gasteiger partial charge in [0.15, 0.2) is 0 Å². The van der Waals surface area contributed by atoms with Crippen LogP contribution in [0.1, 0.15) is 36.9 Å². The summed E-state index contributed by atoms with van der Waals surface area (Å²) in [6.45, 7) is 4.38. The van der Waals surface area contributed by atoms with Gasteiger partial charge in [-0.25, -0.2) is 15.0 Å². The largest absolute Gasteiger partial charge is 0.383 e. The van der Waals surface area contributed by atoms with Gasteiger partial charge in [0.25, 0.3) is 0 Å². The molecule has 0 aliphatic carbocycles. The Morgan fingerprint density at radius 1 is 1.23 bits per heavy atom. The van der Waals surface area contributed by atoms with E-state index in [2.05, 4.69) is 27.2 Å². The van der Waals surface area contributed by atoms with Crippen LogP contribution in [0.4, 0.5) is 11.5 Å². The van der Waals surface area contributed by atoms with Crippen LogP contribution < -0.4 is 11.1 Å². The molecule has 2 aromatic rings. The molecule has 1 aliphatic rings. The number of amides is 2. The second kappa shape index (κ2) is 7.47. The fourth-order valence-electron chi connectivity index (χ4n) is 3.18. The number of nitrogens with two attached hydrogens (primary N) is 1. The number of likely N-dealkylation sites (tertiary alicyclic amines) is 1. The molecule has 3 N–H and O–H groups in total. The molecule has 0 unspecified atom stereocenters. The van der Waals surface area contributed by atoms with Crippen LogP contribution >= 0.6 is 0 Å². The first-order chi connectivity index (χ1) is 12.5. The van der Waals surface area contributed by atoms with Crippen molar-refractivity contribution in [2.24, 2.45) is 5.92 Å². The first-order valence-corrected chi connectivity index (χ1v) is 8.54. The van der Waals surface area contributed by atoms with Crippen molar-refractivity contribution in [3.05, 3.63) is 42.1 Å². The topological polar surface area (TPSA) is 114 Å². The maximum atomic E-state index is 12.8. The maximum Gasteiger partial charge on any atom is 0.313 e. The third-order valence-electron chi connectivity index (χ3n) is 4.61. The molecule has 0 radical (unpaired) electrons. The van der Waals surface area contributed by atoms with Crippen molar-refractivity contribution in [2.45, 2.75) is 32.7 Å². The van der Waals surface area contributed by atoms with Crippen LogP contribution in [-0.2, 0) is 9.59 Å². The normalized spacial score (nSPS) is 19.8. The van der Waals surface area contributed by atoms with Gasteiger partial charge >= 0.3 is 11.8 Å². The van der Waals surface area contributed by atoms with Gasteiger partial charge in [-0.3, -0.25) is 9.59 Å². The van der Waals surface area contributed by atoms with E-state index in [0.29, 0.717) is 24.0 Å². The molecule has 136 valence electrons. The number of pyridine rings is 1. The SMILES string of the molecule is Cc1cc(NC(=O)C(=O)N2C[C@H](C)CC[C@H]2c2cncnc2)cnc1N. The lowest BCUT2D eigenvalue weighted by molar-refractivity contribution is -0.146. The molecule has 26 heavy (non-hydrogen) atoms. The molecular weight excluding hydrogens is 332 g/mol. The van der Waals surface area contributed by atoms with Crippen molar-refractivity contribution in [1.82, 2.24) is 19.9 Å². The lowest BCUT2D eigenvalue weighted by Gasteiger charge is -2.38. The van der Waals surface area contributed by atoms with Gasteiger partial charge in [-0.1, -0.05) is 6.92 Å². The van der Waals surface area contributed by atoms with E-state index in [1.165, 1.54) is 12.5 Å². The Morgan fingerprint density at radius 2 is 1.96 bits per heavy atom. The molecule has 1 fully saturated rings. The Hall–Kier alpha value is -3.03. The Bertz CT molecular complexity index is 811. The minimum absolute atomic E-state index is 0.197. The van der Waals surface area contributed by atoms with E-state index in [4.69, 9.17) is 5.73 Å². The van der Waals surface area contributed by atoms with Crippen molar-refractivity contribution >= 4 is 23.3 Å². The van der Waals surface area contributed by atoms with Gasteiger partial charge in [-0.15, -0.1) is 0 Å². The van der Waals surface area contributed by atoms with Crippen LogP contribution in [0.3, 0.4) is 0 Å². The summed E-state index contributed by atoms with van der Waals surface area (Å²) in [4.78, 5) is 39.0. The highest BCUT2D eigenvalue weighted by Gasteiger charge is 2.34. The zero-order chi connectivity index (χ0) is 18.7. The van der Waals surface area contributed by atoms with E-state index in [9.17, 15) is 9.59 Å². The van der Waals surface area contributed by atoms with Gasteiger partial charge in [0.1, 0.15) is 12.1 Å². The molecule has 3 heterocycles. The predicted molar refractivity (Wildman–Crippen MR) is 96.9 cm³/mol. The van der Waals surface area contributed by atoms with Crippen molar-refractivity contribution in [2.75, 3.05) is 17.6 Å². The zero-order valence-electron chi connectivity index (χ0n) is 14.8. The summed E-state index contributed by atoms with van der Waals surface area (Å²) < 4.78 is 0. The van der Waals surface area contributed by atoms with Gasteiger partial charge in [0.05, 0.1) is 17.9 Å². The first-order valence-electron chi connectivity index (χ1n) is 8.54. The second-order valence-electron chi connectivity index (χ2n) is 6.71. The van der Waals surface area contributed by atoms with Gasteiger partial charge in [-0.05, 0) is 37.3 Å². The summed E-state index contributed by atoms with van der Waals surface area (Å²) in [5.74, 6) is -0.539. The minimum Gasteiger partial charge on any atom is -0.383 e. The van der Waals surface area contributed by atoms with Crippen molar-refractivity contribution < 1.29 is 9.59 Å². The standard InChI is InChI=1S/C18H22N6O2/c1-11-3-4-15(13-6-20-10-21-7-13)24(9-11)18(26)17(25)23-14-5-12(2)16(19)22-8-14/h5-8,10-11,15H,3-4,9H2,1-2H3,(H2,19,22)(H,23,25)/t11-,15+/m1/s1. The van der Waals surface area contributed by atoms with E-state index < -0.39 is 11.8 Å². The number of anilines is 2. The summed E-state index contributed by atoms with van der Waals surface area (Å²) in [6, 6.07) is 1.49. The lowest BCUT2D eigenvalue weighted by atomic mass is 9.91. The van der Waals surface area contributed by atoms with Crippen molar-refractivity contribution in [1.29, 1.82) is 0 Å². The van der Waals surface area contributed by atoms with Crippen molar-refractivity contribution in [3.8, 4) is 0 Å². The molecule has 0 aromatic carbocycles. The molecule has 0 spiro atoms. The molecule has 2 aromatic heterocycles. The van der Waals surface area contributed by atoms with Gasteiger partial charge in [0, 0.05) is 24.5 Å². The number of piperidine rings is 1. The van der Waals surface area contributed by atoms with E-state index in [0.717, 1.165) is 24.0 Å². The highest BCUT2D eigenvalue weighted by Crippen LogP contribution is 2.32. The molecule has 1 aliphatic heterocycles. The van der Waals surface area contributed by atoms with Crippen LogP contribution in [0.25, 0.3) is 0 Å². The number of nitrogens with zero attached hydrogens (tertiary/aromatic N) is 4. The molecule has 8 nitrogen and oxygen atoms in total. The van der Waals surface area contributed by atoms with E-state index >= 15 is 0 Å². The Kier molecular flexibility index (Phi) is 5.11. The van der Waals surface area contributed by atoms with Gasteiger partial charge < -0.3 is 16.0 Å². The molecular formula is C18H22N6O2. The maximum absolute atomic E-state index is 12.8. The number of aromatic nitrogens is 3. The molecule has 0 saturated carbocycles. The lowest BCUT2D eigenvalue weighted by Crippen LogP contribution is -2.46. The number of carbonyl (C=O) groups is 2. The Morgan fingerprint density at radius 3 is 2.65 bits per heavy atom. The quantitative estimate of drug-likeness (QED) is 0.794. The monoisotopic (exact) mass is 354 g/mol. The Labute approximate surface area is 151 Å². The van der Waals surface area contributed by atoms with Crippen LogP contribution in [-0.4, -0.2) is 38.2 Å². The number of nitrogens with one attached hydrogen (secondary N) is 1. The Balaban J connectivity index is 1.78. The van der Waals surface area contributed by atoms with E-state index in [-0.39, 0.29) is 6.04 Å². The fourth-order valence-corrected chi connectivity index (χ4v) is 3.18. The summed E-state index contributed by atoms with van der Waals surface area (Å²) in [5, 5.41) is 2.61.